The van der Waals surface area contributed by atoms with E-state index in [0.717, 1.165) is 18.5 Å². The van der Waals surface area contributed by atoms with E-state index in [2.05, 4.69) is 5.32 Å². The third kappa shape index (κ3) is 3.38. The Morgan fingerprint density at radius 3 is 2.62 bits per heavy atom. The summed E-state index contributed by atoms with van der Waals surface area (Å²) in [6, 6.07) is 9.28. The second-order valence-corrected chi connectivity index (χ2v) is 6.44. The van der Waals surface area contributed by atoms with Crippen molar-refractivity contribution in [2.24, 2.45) is 0 Å². The maximum absolute atomic E-state index is 12.7. The van der Waals surface area contributed by atoms with Crippen LogP contribution in [0.15, 0.2) is 30.3 Å². The van der Waals surface area contributed by atoms with Gasteiger partial charge in [0.2, 0.25) is 5.91 Å². The Hall–Kier alpha value is -2.08. The highest BCUT2D eigenvalue weighted by Gasteiger charge is 2.44. The highest BCUT2D eigenvalue weighted by Crippen LogP contribution is 2.32. The van der Waals surface area contributed by atoms with Crippen LogP contribution < -0.4 is 5.32 Å². The maximum atomic E-state index is 12.7. The molecular formula is C18H25N3O3. The Kier molecular flexibility index (Phi) is 5.04. The summed E-state index contributed by atoms with van der Waals surface area (Å²) in [4.78, 5) is 29.0. The molecule has 0 aliphatic carbocycles. The van der Waals surface area contributed by atoms with Crippen molar-refractivity contribution >= 4 is 17.6 Å². The van der Waals surface area contributed by atoms with Crippen LogP contribution in [0.3, 0.4) is 0 Å². The Morgan fingerprint density at radius 1 is 1.25 bits per heavy atom. The number of nitrogens with zero attached hydrogens (tertiary/aromatic N) is 2. The summed E-state index contributed by atoms with van der Waals surface area (Å²) in [6.45, 7) is 4.98. The molecule has 0 atom stereocenters. The lowest BCUT2D eigenvalue weighted by Gasteiger charge is -2.46. The summed E-state index contributed by atoms with van der Waals surface area (Å²) in [6.07, 6.45) is 1.93. The van der Waals surface area contributed by atoms with Gasteiger partial charge in [-0.1, -0.05) is 18.2 Å². The SMILES string of the molecule is CCN1C(=O)CCN(C(=O)Nc2ccccc2)CC12CCOCC2. The number of nitrogens with one attached hydrogen (secondary N) is 1. The molecule has 2 aliphatic heterocycles. The lowest BCUT2D eigenvalue weighted by molar-refractivity contribution is -0.139. The van der Waals surface area contributed by atoms with Crippen molar-refractivity contribution in [3.63, 3.8) is 0 Å². The quantitative estimate of drug-likeness (QED) is 0.905. The summed E-state index contributed by atoms with van der Waals surface area (Å²) in [5.41, 5.74) is 0.473. The van der Waals surface area contributed by atoms with Gasteiger partial charge in [0.1, 0.15) is 0 Å². The van der Waals surface area contributed by atoms with Gasteiger partial charge < -0.3 is 19.9 Å². The van der Waals surface area contributed by atoms with Gasteiger partial charge >= 0.3 is 6.03 Å². The van der Waals surface area contributed by atoms with Crippen LogP contribution in [0.4, 0.5) is 10.5 Å². The number of para-hydroxylation sites is 1. The number of rotatable bonds is 2. The molecule has 6 nitrogen and oxygen atoms in total. The first kappa shape index (κ1) is 16.8. The minimum Gasteiger partial charge on any atom is -0.381 e. The van der Waals surface area contributed by atoms with Crippen LogP contribution in [0.25, 0.3) is 0 Å². The van der Waals surface area contributed by atoms with E-state index in [1.54, 1.807) is 4.90 Å². The van der Waals surface area contributed by atoms with Crippen molar-refractivity contribution in [2.45, 2.75) is 31.7 Å². The summed E-state index contributed by atoms with van der Waals surface area (Å²) in [7, 11) is 0. The standard InChI is InChI=1S/C18H25N3O3/c1-2-21-16(22)8-11-20(14-18(21)9-12-24-13-10-18)17(23)19-15-6-4-3-5-7-15/h3-7H,2,8-14H2,1H3,(H,19,23). The van der Waals surface area contributed by atoms with E-state index in [1.165, 1.54) is 0 Å². The number of ether oxygens (including phenoxy) is 1. The van der Waals surface area contributed by atoms with Gasteiger partial charge in [0, 0.05) is 45.0 Å². The van der Waals surface area contributed by atoms with Gasteiger partial charge in [0.25, 0.3) is 0 Å². The molecule has 0 unspecified atom stereocenters. The first-order chi connectivity index (χ1) is 11.6. The van der Waals surface area contributed by atoms with Crippen molar-refractivity contribution in [3.05, 3.63) is 30.3 Å². The van der Waals surface area contributed by atoms with Crippen molar-refractivity contribution in [2.75, 3.05) is 38.2 Å². The molecule has 2 fully saturated rings. The molecule has 0 aromatic heterocycles. The Balaban J connectivity index is 1.79. The molecule has 1 spiro atoms. The molecule has 24 heavy (non-hydrogen) atoms. The van der Waals surface area contributed by atoms with E-state index in [-0.39, 0.29) is 17.5 Å². The molecule has 1 N–H and O–H groups in total. The Bertz CT molecular complexity index is 584. The van der Waals surface area contributed by atoms with E-state index in [4.69, 9.17) is 4.74 Å². The number of amides is 3. The van der Waals surface area contributed by atoms with E-state index >= 15 is 0 Å². The highest BCUT2D eigenvalue weighted by atomic mass is 16.5. The van der Waals surface area contributed by atoms with Crippen molar-refractivity contribution < 1.29 is 14.3 Å². The van der Waals surface area contributed by atoms with Crippen LogP contribution >= 0.6 is 0 Å². The molecule has 0 saturated carbocycles. The molecule has 3 amide bonds. The predicted molar refractivity (Wildman–Crippen MR) is 91.8 cm³/mol. The van der Waals surface area contributed by atoms with E-state index in [9.17, 15) is 9.59 Å². The highest BCUT2D eigenvalue weighted by molar-refractivity contribution is 5.90. The number of anilines is 1. The second kappa shape index (κ2) is 7.21. The lowest BCUT2D eigenvalue weighted by atomic mass is 9.87. The fraction of sp³-hybridized carbons (Fsp3) is 0.556. The number of carbonyl (C=O) groups excluding carboxylic acids is 2. The molecule has 2 aliphatic rings. The normalized spacial score (nSPS) is 20.8. The van der Waals surface area contributed by atoms with Crippen LogP contribution in [0.2, 0.25) is 0 Å². The molecule has 1 aromatic carbocycles. The first-order valence-electron chi connectivity index (χ1n) is 8.64. The number of urea groups is 1. The number of hydrogen-bond acceptors (Lipinski definition) is 3. The van der Waals surface area contributed by atoms with Gasteiger partial charge in [-0.25, -0.2) is 4.79 Å². The predicted octanol–water partition coefficient (Wildman–Crippen LogP) is 2.32. The summed E-state index contributed by atoms with van der Waals surface area (Å²) in [5, 5.41) is 2.94. The van der Waals surface area contributed by atoms with Gasteiger partial charge in [0.15, 0.2) is 0 Å². The Morgan fingerprint density at radius 2 is 1.96 bits per heavy atom. The van der Waals surface area contributed by atoms with Crippen LogP contribution in [0.1, 0.15) is 26.2 Å². The molecular weight excluding hydrogens is 306 g/mol. The number of hydrogen-bond donors (Lipinski definition) is 1. The topological polar surface area (TPSA) is 61.9 Å². The van der Waals surface area contributed by atoms with Crippen LogP contribution in [-0.4, -0.2) is 60.1 Å². The van der Waals surface area contributed by atoms with Crippen LogP contribution in [0.5, 0.6) is 0 Å². The summed E-state index contributed by atoms with van der Waals surface area (Å²) >= 11 is 0. The lowest BCUT2D eigenvalue weighted by Crippen LogP contribution is -2.59. The van der Waals surface area contributed by atoms with E-state index < -0.39 is 0 Å². The van der Waals surface area contributed by atoms with Gasteiger partial charge in [-0.3, -0.25) is 4.79 Å². The van der Waals surface area contributed by atoms with Gasteiger partial charge in [-0.05, 0) is 31.9 Å². The van der Waals surface area contributed by atoms with Crippen LogP contribution in [-0.2, 0) is 9.53 Å². The third-order valence-electron chi connectivity index (χ3n) is 5.01. The minimum atomic E-state index is -0.297. The molecule has 0 radical (unpaired) electrons. The molecule has 2 heterocycles. The molecule has 2 saturated heterocycles. The average Bonchev–Trinajstić information content (AvgIpc) is 2.73. The van der Waals surface area contributed by atoms with E-state index in [0.29, 0.717) is 39.3 Å². The zero-order chi connectivity index (χ0) is 17.0. The number of benzene rings is 1. The number of likely N-dealkylation sites (N-methyl/N-ethyl adjacent to an activating group) is 1. The van der Waals surface area contributed by atoms with Gasteiger partial charge in [0.05, 0.1) is 5.54 Å². The van der Waals surface area contributed by atoms with Crippen molar-refractivity contribution in [3.8, 4) is 0 Å². The fourth-order valence-electron chi connectivity index (χ4n) is 3.74. The van der Waals surface area contributed by atoms with Crippen molar-refractivity contribution in [1.82, 2.24) is 9.80 Å². The average molecular weight is 331 g/mol. The summed E-state index contributed by atoms with van der Waals surface area (Å²) in [5.74, 6) is 0.134. The fourth-order valence-corrected chi connectivity index (χ4v) is 3.74. The largest absolute Gasteiger partial charge is 0.381 e. The second-order valence-electron chi connectivity index (χ2n) is 6.44. The first-order valence-corrected chi connectivity index (χ1v) is 8.64. The smallest absolute Gasteiger partial charge is 0.321 e. The molecule has 6 heteroatoms. The monoisotopic (exact) mass is 331 g/mol. The summed E-state index contributed by atoms with van der Waals surface area (Å²) < 4.78 is 5.50. The van der Waals surface area contributed by atoms with E-state index in [1.807, 2.05) is 42.2 Å². The minimum absolute atomic E-state index is 0.134. The Labute approximate surface area is 142 Å². The molecule has 3 rings (SSSR count). The van der Waals surface area contributed by atoms with Crippen LogP contribution in [0, 0.1) is 0 Å². The zero-order valence-corrected chi connectivity index (χ0v) is 14.2. The zero-order valence-electron chi connectivity index (χ0n) is 14.2. The molecule has 0 bridgehead atoms. The maximum Gasteiger partial charge on any atom is 0.321 e. The van der Waals surface area contributed by atoms with Gasteiger partial charge in [-0.15, -0.1) is 0 Å². The third-order valence-corrected chi connectivity index (χ3v) is 5.01. The molecule has 130 valence electrons. The molecule has 1 aromatic rings. The van der Waals surface area contributed by atoms with Gasteiger partial charge in [-0.2, -0.15) is 0 Å². The number of carbonyl (C=O) groups is 2. The van der Waals surface area contributed by atoms with Crippen molar-refractivity contribution in [1.29, 1.82) is 0 Å².